The minimum atomic E-state index is 0.0987. The third kappa shape index (κ3) is 6.22. The fourth-order valence-electron chi connectivity index (χ4n) is 2.86. The number of hydrogen-bond donors (Lipinski definition) is 1. The van der Waals surface area contributed by atoms with Crippen molar-refractivity contribution in [3.63, 3.8) is 0 Å². The second kappa shape index (κ2) is 8.59. The maximum atomic E-state index is 12.2. The van der Waals surface area contributed by atoms with E-state index in [9.17, 15) is 4.79 Å². The molecule has 1 fully saturated rings. The molecule has 0 aromatic heterocycles. The first-order valence-corrected chi connectivity index (χ1v) is 8.24. The number of urea groups is 1. The predicted molar refractivity (Wildman–Crippen MR) is 88.6 cm³/mol. The molecule has 0 aromatic rings. The molecule has 0 aromatic carbocycles. The summed E-state index contributed by atoms with van der Waals surface area (Å²) in [4.78, 5) is 18.9. The smallest absolute Gasteiger partial charge is 0.317 e. The Balaban J connectivity index is 2.42. The Morgan fingerprint density at radius 2 is 1.81 bits per heavy atom. The molecule has 1 heterocycles. The van der Waals surface area contributed by atoms with Crippen LogP contribution in [0.4, 0.5) is 4.79 Å². The highest BCUT2D eigenvalue weighted by Gasteiger charge is 2.31. The Bertz CT molecular complexity index is 307. The van der Waals surface area contributed by atoms with Gasteiger partial charge in [0.05, 0.1) is 0 Å². The minimum absolute atomic E-state index is 0.0987. The van der Waals surface area contributed by atoms with Gasteiger partial charge in [-0.1, -0.05) is 13.8 Å². The van der Waals surface area contributed by atoms with E-state index in [1.165, 1.54) is 0 Å². The molecule has 0 aliphatic carbocycles. The molecule has 1 rings (SSSR count). The molecule has 0 spiro atoms. The zero-order valence-electron chi connectivity index (χ0n) is 14.7. The highest BCUT2D eigenvalue weighted by molar-refractivity contribution is 5.74. The molecule has 1 N–H and O–H groups in total. The van der Waals surface area contributed by atoms with Crippen molar-refractivity contribution in [3.05, 3.63) is 0 Å². The zero-order valence-corrected chi connectivity index (χ0v) is 14.7. The topological polar surface area (TPSA) is 38.8 Å². The van der Waals surface area contributed by atoms with Crippen LogP contribution in [0.25, 0.3) is 0 Å². The summed E-state index contributed by atoms with van der Waals surface area (Å²) in [6.07, 6.45) is 1.04. The van der Waals surface area contributed by atoms with Crippen LogP contribution in [0.3, 0.4) is 0 Å². The first kappa shape index (κ1) is 18.2. The van der Waals surface area contributed by atoms with Crippen molar-refractivity contribution in [1.29, 1.82) is 0 Å². The number of nitrogens with one attached hydrogen (secondary N) is 1. The number of amides is 2. The second-order valence-corrected chi connectivity index (χ2v) is 7.06. The number of likely N-dealkylation sites (N-methyl/N-ethyl adjacent to an activating group) is 1. The van der Waals surface area contributed by atoms with Gasteiger partial charge in [-0.15, -0.1) is 0 Å². The number of rotatable bonds is 6. The van der Waals surface area contributed by atoms with Crippen LogP contribution in [-0.2, 0) is 0 Å². The molecule has 0 radical (unpaired) electrons. The van der Waals surface area contributed by atoms with Crippen molar-refractivity contribution in [1.82, 2.24) is 20.0 Å². The number of hydrogen-bond acceptors (Lipinski definition) is 3. The molecule has 1 aliphatic heterocycles. The first-order valence-electron chi connectivity index (χ1n) is 8.24. The Morgan fingerprint density at radius 3 is 2.29 bits per heavy atom. The van der Waals surface area contributed by atoms with Crippen LogP contribution in [0, 0.1) is 5.92 Å². The lowest BCUT2D eigenvalue weighted by atomic mass is 10.1. The number of carbonyl (C=O) groups is 1. The molecule has 124 valence electrons. The monoisotopic (exact) mass is 298 g/mol. The van der Waals surface area contributed by atoms with E-state index in [0.29, 0.717) is 18.0 Å². The number of piperazine rings is 1. The Hall–Kier alpha value is -0.810. The van der Waals surface area contributed by atoms with Crippen molar-refractivity contribution < 1.29 is 4.79 Å². The van der Waals surface area contributed by atoms with Crippen LogP contribution in [0.5, 0.6) is 0 Å². The van der Waals surface area contributed by atoms with Crippen LogP contribution in [0.1, 0.15) is 34.1 Å². The van der Waals surface area contributed by atoms with E-state index in [0.717, 1.165) is 39.1 Å². The summed E-state index contributed by atoms with van der Waals surface area (Å²) < 4.78 is 0. The van der Waals surface area contributed by atoms with Gasteiger partial charge in [-0.3, -0.25) is 4.90 Å². The predicted octanol–water partition coefficient (Wildman–Crippen LogP) is 1.70. The van der Waals surface area contributed by atoms with Crippen molar-refractivity contribution in [2.45, 2.75) is 46.2 Å². The third-order valence-electron chi connectivity index (χ3n) is 4.19. The quantitative estimate of drug-likeness (QED) is 0.811. The summed E-state index contributed by atoms with van der Waals surface area (Å²) in [5.41, 5.74) is 0. The molecule has 2 unspecified atom stereocenters. The van der Waals surface area contributed by atoms with Crippen LogP contribution < -0.4 is 5.32 Å². The summed E-state index contributed by atoms with van der Waals surface area (Å²) in [6.45, 7) is 13.4. The Labute approximate surface area is 130 Å². The van der Waals surface area contributed by atoms with Gasteiger partial charge in [0.25, 0.3) is 0 Å². The summed E-state index contributed by atoms with van der Waals surface area (Å²) >= 11 is 0. The highest BCUT2D eigenvalue weighted by Crippen LogP contribution is 2.15. The standard InChI is InChI=1S/C16H34N4O/c1-13(2)7-8-17-16(21)19-11-14(3)20(15(4)12-19)10-9-18(5)6/h13-15H,7-12H2,1-6H3,(H,17,21). The van der Waals surface area contributed by atoms with Gasteiger partial charge in [0.1, 0.15) is 0 Å². The molecular weight excluding hydrogens is 264 g/mol. The lowest BCUT2D eigenvalue weighted by Crippen LogP contribution is -2.60. The molecule has 2 amide bonds. The molecule has 21 heavy (non-hydrogen) atoms. The Kier molecular flexibility index (Phi) is 7.46. The van der Waals surface area contributed by atoms with Crippen LogP contribution in [0.2, 0.25) is 0 Å². The van der Waals surface area contributed by atoms with E-state index in [1.54, 1.807) is 0 Å². The van der Waals surface area contributed by atoms with Gasteiger partial charge in [0, 0.05) is 44.8 Å². The van der Waals surface area contributed by atoms with Crippen LogP contribution >= 0.6 is 0 Å². The molecule has 0 saturated carbocycles. The largest absolute Gasteiger partial charge is 0.338 e. The molecule has 1 aliphatic rings. The maximum absolute atomic E-state index is 12.2. The van der Waals surface area contributed by atoms with E-state index < -0.39 is 0 Å². The van der Waals surface area contributed by atoms with Gasteiger partial charge in [0.2, 0.25) is 0 Å². The minimum Gasteiger partial charge on any atom is -0.338 e. The molecule has 5 heteroatoms. The fraction of sp³-hybridized carbons (Fsp3) is 0.938. The maximum Gasteiger partial charge on any atom is 0.317 e. The average Bonchev–Trinajstić information content (AvgIpc) is 2.36. The van der Waals surface area contributed by atoms with Crippen molar-refractivity contribution in [2.24, 2.45) is 5.92 Å². The van der Waals surface area contributed by atoms with E-state index in [2.05, 4.69) is 56.9 Å². The highest BCUT2D eigenvalue weighted by atomic mass is 16.2. The lowest BCUT2D eigenvalue weighted by molar-refractivity contribution is 0.0507. The summed E-state index contributed by atoms with van der Waals surface area (Å²) in [5.74, 6) is 0.631. The molecule has 2 atom stereocenters. The molecule has 0 bridgehead atoms. The van der Waals surface area contributed by atoms with Crippen LogP contribution in [-0.4, -0.2) is 79.6 Å². The van der Waals surface area contributed by atoms with E-state index in [1.807, 2.05) is 4.90 Å². The van der Waals surface area contributed by atoms with Gasteiger partial charge in [-0.2, -0.15) is 0 Å². The lowest BCUT2D eigenvalue weighted by Gasteiger charge is -2.44. The van der Waals surface area contributed by atoms with Gasteiger partial charge in [-0.25, -0.2) is 4.79 Å². The third-order valence-corrected chi connectivity index (χ3v) is 4.19. The fourth-order valence-corrected chi connectivity index (χ4v) is 2.86. The average molecular weight is 298 g/mol. The van der Waals surface area contributed by atoms with Crippen molar-refractivity contribution in [3.8, 4) is 0 Å². The molecular formula is C16H34N4O. The first-order chi connectivity index (χ1) is 9.81. The van der Waals surface area contributed by atoms with Crippen molar-refractivity contribution >= 4 is 6.03 Å². The van der Waals surface area contributed by atoms with Gasteiger partial charge in [0.15, 0.2) is 0 Å². The zero-order chi connectivity index (χ0) is 16.0. The molecule has 1 saturated heterocycles. The van der Waals surface area contributed by atoms with Gasteiger partial charge >= 0.3 is 6.03 Å². The SMILES string of the molecule is CC(C)CCNC(=O)N1CC(C)N(CCN(C)C)C(C)C1. The van der Waals surface area contributed by atoms with E-state index in [-0.39, 0.29) is 6.03 Å². The van der Waals surface area contributed by atoms with E-state index in [4.69, 9.17) is 0 Å². The second-order valence-electron chi connectivity index (χ2n) is 7.06. The number of nitrogens with zero attached hydrogens (tertiary/aromatic N) is 3. The Morgan fingerprint density at radius 1 is 1.24 bits per heavy atom. The summed E-state index contributed by atoms with van der Waals surface area (Å²) in [7, 11) is 4.21. The van der Waals surface area contributed by atoms with Gasteiger partial charge in [-0.05, 0) is 40.3 Å². The normalized spacial score (nSPS) is 23.9. The van der Waals surface area contributed by atoms with Crippen molar-refractivity contribution in [2.75, 3.05) is 46.8 Å². The summed E-state index contributed by atoms with van der Waals surface area (Å²) in [5, 5.41) is 3.05. The van der Waals surface area contributed by atoms with Crippen LogP contribution in [0.15, 0.2) is 0 Å². The van der Waals surface area contributed by atoms with Gasteiger partial charge < -0.3 is 15.1 Å². The van der Waals surface area contributed by atoms with E-state index >= 15 is 0 Å². The molecule has 5 nitrogen and oxygen atoms in total. The summed E-state index contributed by atoms with van der Waals surface area (Å²) in [6, 6.07) is 0.940. The number of carbonyl (C=O) groups excluding carboxylic acids is 1.